The largest absolute Gasteiger partial charge is 0.302 e. The monoisotopic (exact) mass is 198 g/mol. The van der Waals surface area contributed by atoms with Gasteiger partial charge in [0.05, 0.1) is 4.90 Å². The van der Waals surface area contributed by atoms with E-state index in [-0.39, 0.29) is 0 Å². The average molecular weight is 198 g/mol. The number of benzene rings is 1. The molecule has 1 aromatic carbocycles. The molecule has 0 saturated carbocycles. The quantitative estimate of drug-likeness (QED) is 0.255. The van der Waals surface area contributed by atoms with Gasteiger partial charge in [-0.05, 0) is 29.5 Å². The smallest absolute Gasteiger partial charge is 0.186 e. The minimum absolute atomic E-state index is 0.298. The number of hydrogen-bond acceptors (Lipinski definition) is 2. The van der Waals surface area contributed by atoms with Gasteiger partial charge < -0.3 is 4.55 Å². The van der Waals surface area contributed by atoms with E-state index in [9.17, 15) is 4.21 Å². The third-order valence-corrected chi connectivity index (χ3v) is 1.96. The molecule has 1 atom stereocenters. The fourth-order valence-electron chi connectivity index (χ4n) is 0.726. The molecule has 0 bridgehead atoms. The van der Waals surface area contributed by atoms with Crippen LogP contribution in [0.15, 0.2) is 34.4 Å². The van der Waals surface area contributed by atoms with E-state index in [4.69, 9.17) is 10.1 Å². The second-order valence-electron chi connectivity index (χ2n) is 2.07. The Balaban J connectivity index is 2.80. The zero-order valence-electron chi connectivity index (χ0n) is 6.41. The minimum Gasteiger partial charge on any atom is -0.302 e. The van der Waals surface area contributed by atoms with Gasteiger partial charge in [-0.25, -0.2) is 9.63 Å². The predicted molar refractivity (Wildman–Crippen MR) is 48.2 cm³/mol. The average Bonchev–Trinajstić information content (AvgIpc) is 2.15. The van der Waals surface area contributed by atoms with Crippen molar-refractivity contribution in [2.24, 2.45) is 5.22 Å². The maximum atomic E-state index is 10.5. The van der Waals surface area contributed by atoms with Crippen LogP contribution in [0.3, 0.4) is 0 Å². The number of hydrogen-bond donors (Lipinski definition) is 2. The molecule has 0 aromatic heterocycles. The highest BCUT2D eigenvalue weighted by Crippen LogP contribution is 2.11. The van der Waals surface area contributed by atoms with Crippen molar-refractivity contribution in [2.45, 2.75) is 4.90 Å². The summed E-state index contributed by atoms with van der Waals surface area (Å²) in [7, 11) is 0. The molecule has 1 unspecified atom stereocenters. The third kappa shape index (κ3) is 2.75. The fourth-order valence-corrected chi connectivity index (χ4v) is 1.09. The third-order valence-electron chi connectivity index (χ3n) is 1.28. The Morgan fingerprint density at radius 3 is 2.54 bits per heavy atom. The van der Waals surface area contributed by atoms with Gasteiger partial charge in [-0.15, -0.1) is 5.53 Å². The van der Waals surface area contributed by atoms with Crippen LogP contribution in [0.5, 0.6) is 0 Å². The van der Waals surface area contributed by atoms with Gasteiger partial charge in [0.25, 0.3) is 0 Å². The molecule has 2 N–H and O–H groups in total. The van der Waals surface area contributed by atoms with E-state index in [0.717, 1.165) is 0 Å². The van der Waals surface area contributed by atoms with Crippen LogP contribution >= 0.6 is 0 Å². The highest BCUT2D eigenvalue weighted by molar-refractivity contribution is 7.79. The van der Waals surface area contributed by atoms with Crippen molar-refractivity contribution in [3.63, 3.8) is 0 Å². The first kappa shape index (κ1) is 9.53. The zero-order chi connectivity index (χ0) is 9.68. The Bertz CT molecular complexity index is 357. The van der Waals surface area contributed by atoms with Gasteiger partial charge in [0.15, 0.2) is 11.1 Å². The summed E-state index contributed by atoms with van der Waals surface area (Å²) in [6.45, 7) is 0. The Morgan fingerprint density at radius 2 is 2.08 bits per heavy atom. The molecule has 13 heavy (non-hydrogen) atoms. The lowest BCUT2D eigenvalue weighted by molar-refractivity contribution is 0.564. The van der Waals surface area contributed by atoms with Gasteiger partial charge in [-0.1, -0.05) is 0 Å². The van der Waals surface area contributed by atoms with Gasteiger partial charge in [0.2, 0.25) is 0 Å². The molecule has 0 aliphatic heterocycles. The Kier molecular flexibility index (Phi) is 3.27. The highest BCUT2D eigenvalue weighted by Gasteiger charge is 1.99. The van der Waals surface area contributed by atoms with Crippen LogP contribution < -0.4 is 5.43 Å². The van der Waals surface area contributed by atoms with Crippen molar-refractivity contribution < 1.29 is 8.76 Å². The molecule has 1 rings (SSSR count). The Hall–Kier alpha value is -1.56. The molecule has 0 amide bonds. The van der Waals surface area contributed by atoms with Crippen LogP contribution in [0.2, 0.25) is 0 Å². The molecule has 68 valence electrons. The molecular formula is C6H6N4O2S. The summed E-state index contributed by atoms with van der Waals surface area (Å²) in [6, 6.07) is 6.01. The van der Waals surface area contributed by atoms with Crippen molar-refractivity contribution in [1.82, 2.24) is 0 Å². The normalized spacial score (nSPS) is 11.5. The molecule has 6 nitrogen and oxygen atoms in total. The summed E-state index contributed by atoms with van der Waals surface area (Å²) in [6.07, 6.45) is 0. The summed E-state index contributed by atoms with van der Waals surface area (Å²) in [4.78, 5) is 2.79. The molecule has 0 aliphatic rings. The van der Waals surface area contributed by atoms with E-state index in [1.165, 1.54) is 24.3 Å². The van der Waals surface area contributed by atoms with Crippen LogP contribution in [0, 0.1) is 0 Å². The maximum Gasteiger partial charge on any atom is 0.186 e. The van der Waals surface area contributed by atoms with Gasteiger partial charge >= 0.3 is 0 Å². The summed E-state index contributed by atoms with van der Waals surface area (Å²) < 4.78 is 19.2. The lowest BCUT2D eigenvalue weighted by Crippen LogP contribution is -1.89. The van der Waals surface area contributed by atoms with E-state index >= 15 is 0 Å². The van der Waals surface area contributed by atoms with Crippen LogP contribution in [0.1, 0.15) is 0 Å². The van der Waals surface area contributed by atoms with Crippen molar-refractivity contribution >= 4 is 16.8 Å². The van der Waals surface area contributed by atoms with Gasteiger partial charge in [-0.2, -0.15) is 4.91 Å². The molecule has 0 aliphatic carbocycles. The highest BCUT2D eigenvalue weighted by atomic mass is 32.2. The lowest BCUT2D eigenvalue weighted by Gasteiger charge is -1.95. The molecule has 0 spiro atoms. The fraction of sp³-hybridized carbons (Fsp3) is 0. The van der Waals surface area contributed by atoms with E-state index < -0.39 is 11.1 Å². The van der Waals surface area contributed by atoms with Crippen LogP contribution in [0.4, 0.5) is 5.69 Å². The first-order chi connectivity index (χ1) is 6.24. The van der Waals surface area contributed by atoms with Gasteiger partial charge in [0, 0.05) is 0 Å². The van der Waals surface area contributed by atoms with Crippen molar-refractivity contribution in [2.75, 3.05) is 5.43 Å². The minimum atomic E-state index is -1.97. The van der Waals surface area contributed by atoms with Gasteiger partial charge in [0.1, 0.15) is 5.69 Å². The molecule has 0 saturated heterocycles. The van der Waals surface area contributed by atoms with Crippen LogP contribution in [0.25, 0.3) is 10.4 Å². The van der Waals surface area contributed by atoms with Gasteiger partial charge in [-0.3, -0.25) is 0 Å². The second-order valence-corrected chi connectivity index (χ2v) is 3.04. The first-order valence-corrected chi connectivity index (χ1v) is 4.36. The molecular weight excluding hydrogens is 192 g/mol. The molecule has 7 heteroatoms. The van der Waals surface area contributed by atoms with E-state index in [0.29, 0.717) is 10.6 Å². The Labute approximate surface area is 76.5 Å². The summed E-state index contributed by atoms with van der Waals surface area (Å²) in [5, 5.41) is 3.11. The molecule has 0 heterocycles. The molecule has 1 aromatic rings. The molecule has 0 radical (unpaired) electrons. The predicted octanol–water partition coefficient (Wildman–Crippen LogP) is 1.90. The summed E-state index contributed by atoms with van der Waals surface area (Å²) in [5.41, 5.74) is 10.9. The van der Waals surface area contributed by atoms with E-state index in [1.807, 2.05) is 0 Å². The van der Waals surface area contributed by atoms with Crippen molar-refractivity contribution in [3.05, 3.63) is 34.7 Å². The Morgan fingerprint density at radius 1 is 1.46 bits per heavy atom. The number of nitrogens with one attached hydrogen (secondary N) is 1. The van der Waals surface area contributed by atoms with Crippen LogP contribution in [-0.2, 0) is 11.1 Å². The maximum absolute atomic E-state index is 10.5. The van der Waals surface area contributed by atoms with Crippen molar-refractivity contribution in [1.29, 1.82) is 0 Å². The van der Waals surface area contributed by atoms with Crippen molar-refractivity contribution in [3.8, 4) is 0 Å². The molecule has 0 fully saturated rings. The lowest BCUT2D eigenvalue weighted by atomic mass is 10.3. The van der Waals surface area contributed by atoms with E-state index in [1.54, 1.807) is 0 Å². The van der Waals surface area contributed by atoms with E-state index in [2.05, 4.69) is 15.6 Å². The summed E-state index contributed by atoms with van der Waals surface area (Å²) in [5.74, 6) is 0. The van der Waals surface area contributed by atoms with Crippen LogP contribution in [-0.4, -0.2) is 8.76 Å². The topological polar surface area (TPSA) is 98.1 Å². The summed E-state index contributed by atoms with van der Waals surface area (Å²) >= 11 is -1.97. The SMILES string of the molecule is [N-]=[N+]=NNc1ccc(S(=O)O)cc1. The zero-order valence-corrected chi connectivity index (χ0v) is 7.23. The number of azide groups is 1. The first-order valence-electron chi connectivity index (χ1n) is 3.25. The number of anilines is 1. The number of rotatable bonds is 3. The number of nitrogens with zero attached hydrogens (tertiary/aromatic N) is 3. The standard InChI is InChI=1S/C6H6N4O2S/c7-9-10-8-5-1-3-6(4-2-5)13(11)12/h1-4,8H,(H,11,12). The second kappa shape index (κ2) is 4.46.